The van der Waals surface area contributed by atoms with E-state index < -0.39 is 23.5 Å². The maximum Gasteiger partial charge on any atom is 0.294 e. The molecule has 0 spiro atoms. The van der Waals surface area contributed by atoms with Crippen LogP contribution in [0.25, 0.3) is 6.08 Å². The van der Waals surface area contributed by atoms with Crippen molar-refractivity contribution in [3.8, 4) is 5.75 Å². The van der Waals surface area contributed by atoms with E-state index in [0.29, 0.717) is 11.4 Å². The summed E-state index contributed by atoms with van der Waals surface area (Å²) in [6, 6.07) is 23.1. The number of methoxy groups -OCH3 is 1. The Balaban J connectivity index is 1.77. The molecule has 1 heterocycles. The summed E-state index contributed by atoms with van der Waals surface area (Å²) in [5.74, 6) is -0.947. The second kappa shape index (κ2) is 9.67. The first kappa shape index (κ1) is 22.9. The van der Waals surface area contributed by atoms with Crippen molar-refractivity contribution in [1.82, 2.24) is 0 Å². The smallest absolute Gasteiger partial charge is 0.294 e. The lowest BCUT2D eigenvalue weighted by Crippen LogP contribution is -2.30. The summed E-state index contributed by atoms with van der Waals surface area (Å²) in [6.07, 6.45) is 3.07. The Hall–Kier alpha value is -4.32. The monoisotopic (exact) mass is 454 g/mol. The zero-order valence-corrected chi connectivity index (χ0v) is 19.3. The third-order valence-electron chi connectivity index (χ3n) is 5.78. The van der Waals surface area contributed by atoms with Gasteiger partial charge in [0.15, 0.2) is 11.5 Å². The van der Waals surface area contributed by atoms with Gasteiger partial charge >= 0.3 is 0 Å². The molecule has 0 radical (unpaired) electrons. The van der Waals surface area contributed by atoms with Gasteiger partial charge in [-0.3, -0.25) is 14.5 Å². The van der Waals surface area contributed by atoms with Crippen molar-refractivity contribution >= 4 is 29.1 Å². The average molecular weight is 455 g/mol. The molecule has 4 rings (SSSR count). The second-order valence-electron chi connectivity index (χ2n) is 8.13. The minimum absolute atomic E-state index is 0.0469. The fourth-order valence-electron chi connectivity index (χ4n) is 3.96. The molecule has 6 heteroatoms. The number of allylic oxidation sites excluding steroid dienone is 1. The van der Waals surface area contributed by atoms with Crippen molar-refractivity contribution in [3.63, 3.8) is 0 Å². The highest BCUT2D eigenvalue weighted by Gasteiger charge is 2.43. The van der Waals surface area contributed by atoms with Crippen molar-refractivity contribution in [1.29, 1.82) is 0 Å². The van der Waals surface area contributed by atoms with Crippen molar-refractivity contribution < 1.29 is 19.4 Å². The molecule has 3 aromatic rings. The van der Waals surface area contributed by atoms with E-state index in [1.807, 2.05) is 73.6 Å². The summed E-state index contributed by atoms with van der Waals surface area (Å²) in [7, 11) is 5.44. The molecular formula is C28H26N2O4. The molecule has 0 aromatic heterocycles. The number of amides is 1. The Labute approximate surface area is 199 Å². The summed E-state index contributed by atoms with van der Waals surface area (Å²) < 4.78 is 5.23. The first-order chi connectivity index (χ1) is 16.4. The van der Waals surface area contributed by atoms with Crippen LogP contribution in [0.2, 0.25) is 0 Å². The van der Waals surface area contributed by atoms with Gasteiger partial charge in [0.2, 0.25) is 0 Å². The predicted octanol–water partition coefficient (Wildman–Crippen LogP) is 4.94. The zero-order chi connectivity index (χ0) is 24.2. The van der Waals surface area contributed by atoms with Gasteiger partial charge in [0.25, 0.3) is 5.91 Å². The van der Waals surface area contributed by atoms with E-state index in [0.717, 1.165) is 16.8 Å². The van der Waals surface area contributed by atoms with Crippen LogP contribution in [-0.4, -0.2) is 38.0 Å². The third kappa shape index (κ3) is 4.43. The molecule has 0 aliphatic carbocycles. The SMILES string of the molecule is COc1ccc(N2C(=O)C(O)=C(C(=O)C=Cc3ccccc3)C2c2ccc(N(C)C)cc2)cc1. The lowest BCUT2D eigenvalue weighted by molar-refractivity contribution is -0.117. The van der Waals surface area contributed by atoms with Gasteiger partial charge < -0.3 is 14.7 Å². The quantitative estimate of drug-likeness (QED) is 0.512. The average Bonchev–Trinajstić information content (AvgIpc) is 3.13. The Bertz CT molecular complexity index is 1240. The molecule has 34 heavy (non-hydrogen) atoms. The molecule has 1 unspecified atom stereocenters. The molecule has 0 saturated carbocycles. The van der Waals surface area contributed by atoms with Crippen molar-refractivity contribution in [2.75, 3.05) is 31.0 Å². The fourth-order valence-corrected chi connectivity index (χ4v) is 3.96. The maximum atomic E-state index is 13.3. The number of rotatable bonds is 7. The number of benzene rings is 3. The second-order valence-corrected chi connectivity index (χ2v) is 8.13. The molecule has 0 fully saturated rings. The van der Waals surface area contributed by atoms with Crippen LogP contribution in [0.5, 0.6) is 5.75 Å². The van der Waals surface area contributed by atoms with Gasteiger partial charge in [-0.05, 0) is 53.6 Å². The zero-order valence-electron chi connectivity index (χ0n) is 19.3. The van der Waals surface area contributed by atoms with E-state index in [-0.39, 0.29) is 5.57 Å². The van der Waals surface area contributed by atoms with E-state index in [1.54, 1.807) is 37.5 Å². The van der Waals surface area contributed by atoms with E-state index >= 15 is 0 Å². The van der Waals surface area contributed by atoms with E-state index in [4.69, 9.17) is 4.74 Å². The molecule has 1 aliphatic heterocycles. The van der Waals surface area contributed by atoms with Gasteiger partial charge in [-0.15, -0.1) is 0 Å². The molecule has 6 nitrogen and oxygen atoms in total. The van der Waals surface area contributed by atoms with Crippen LogP contribution < -0.4 is 14.5 Å². The van der Waals surface area contributed by atoms with Gasteiger partial charge in [-0.25, -0.2) is 0 Å². The van der Waals surface area contributed by atoms with Crippen LogP contribution in [-0.2, 0) is 9.59 Å². The predicted molar refractivity (Wildman–Crippen MR) is 134 cm³/mol. The largest absolute Gasteiger partial charge is 0.503 e. The highest BCUT2D eigenvalue weighted by Crippen LogP contribution is 2.41. The van der Waals surface area contributed by atoms with Crippen LogP contribution in [0, 0.1) is 0 Å². The lowest BCUT2D eigenvalue weighted by atomic mass is 9.95. The maximum absolute atomic E-state index is 13.3. The van der Waals surface area contributed by atoms with Crippen molar-refractivity contribution in [3.05, 3.63) is 107 Å². The number of carbonyl (C=O) groups is 2. The molecule has 172 valence electrons. The highest BCUT2D eigenvalue weighted by molar-refractivity contribution is 6.19. The van der Waals surface area contributed by atoms with Crippen molar-refractivity contribution in [2.45, 2.75) is 6.04 Å². The molecule has 1 N–H and O–H groups in total. The molecule has 1 atom stereocenters. The first-order valence-corrected chi connectivity index (χ1v) is 10.9. The Morgan fingerprint density at radius 3 is 2.21 bits per heavy atom. The number of aliphatic hydroxyl groups is 1. The Kier molecular flexibility index (Phi) is 6.50. The van der Waals surface area contributed by atoms with Crippen LogP contribution >= 0.6 is 0 Å². The number of ether oxygens (including phenoxy) is 1. The van der Waals surface area contributed by atoms with Gasteiger partial charge in [-0.1, -0.05) is 48.5 Å². The fraction of sp³-hybridized carbons (Fsp3) is 0.143. The topological polar surface area (TPSA) is 70.1 Å². The first-order valence-electron chi connectivity index (χ1n) is 10.9. The van der Waals surface area contributed by atoms with Crippen LogP contribution in [0.4, 0.5) is 11.4 Å². The number of hydrogen-bond donors (Lipinski definition) is 1. The molecule has 0 bridgehead atoms. The number of ketones is 1. The minimum Gasteiger partial charge on any atom is -0.503 e. The number of aliphatic hydroxyl groups excluding tert-OH is 1. The molecule has 1 aliphatic rings. The highest BCUT2D eigenvalue weighted by atomic mass is 16.5. The van der Waals surface area contributed by atoms with Crippen LogP contribution in [0.3, 0.4) is 0 Å². The summed E-state index contributed by atoms with van der Waals surface area (Å²) in [5.41, 5.74) is 3.14. The van der Waals surface area contributed by atoms with E-state index in [1.165, 1.54) is 11.0 Å². The standard InChI is InChI=1S/C28H26N2O4/c1-29(2)21-12-10-20(11-13-21)26-25(24(31)18-9-19-7-5-4-6-8-19)27(32)28(33)30(26)22-14-16-23(34-3)17-15-22/h4-18,26,32H,1-3H3. The molecule has 0 saturated heterocycles. The number of hydrogen-bond acceptors (Lipinski definition) is 5. The number of nitrogens with zero attached hydrogens (tertiary/aromatic N) is 2. The number of carbonyl (C=O) groups excluding carboxylic acids is 2. The summed E-state index contributed by atoms with van der Waals surface area (Å²) in [5, 5.41) is 10.8. The van der Waals surface area contributed by atoms with Crippen LogP contribution in [0.15, 0.2) is 96.3 Å². The van der Waals surface area contributed by atoms with E-state index in [9.17, 15) is 14.7 Å². The normalized spacial score (nSPS) is 15.8. The van der Waals surface area contributed by atoms with Gasteiger partial charge in [0.1, 0.15) is 5.75 Å². The Morgan fingerprint density at radius 2 is 1.62 bits per heavy atom. The summed E-state index contributed by atoms with van der Waals surface area (Å²) >= 11 is 0. The van der Waals surface area contributed by atoms with Gasteiger partial charge in [0.05, 0.1) is 18.7 Å². The molecule has 1 amide bonds. The van der Waals surface area contributed by atoms with Crippen LogP contribution in [0.1, 0.15) is 17.2 Å². The van der Waals surface area contributed by atoms with E-state index in [2.05, 4.69) is 0 Å². The molecular weight excluding hydrogens is 428 g/mol. The lowest BCUT2D eigenvalue weighted by Gasteiger charge is -2.27. The summed E-state index contributed by atoms with van der Waals surface area (Å²) in [4.78, 5) is 29.9. The number of anilines is 2. The Morgan fingerprint density at radius 1 is 0.971 bits per heavy atom. The minimum atomic E-state index is -0.773. The van der Waals surface area contributed by atoms with Gasteiger partial charge in [0, 0.05) is 25.5 Å². The summed E-state index contributed by atoms with van der Waals surface area (Å²) in [6.45, 7) is 0. The molecule has 3 aromatic carbocycles. The van der Waals surface area contributed by atoms with Crippen molar-refractivity contribution in [2.24, 2.45) is 0 Å². The third-order valence-corrected chi connectivity index (χ3v) is 5.78. The van der Waals surface area contributed by atoms with Gasteiger partial charge in [-0.2, -0.15) is 0 Å².